The summed E-state index contributed by atoms with van der Waals surface area (Å²) in [7, 11) is -0.660. The predicted molar refractivity (Wildman–Crippen MR) is 67.3 cm³/mol. The second-order valence-electron chi connectivity index (χ2n) is 3.52. The Morgan fingerprint density at radius 3 is 2.67 bits per heavy atom. The first kappa shape index (κ1) is 15.0. The third kappa shape index (κ3) is 3.48. The van der Waals surface area contributed by atoms with Crippen LogP contribution in [0.25, 0.3) is 0 Å². The Bertz CT molecular complexity index is 511. The van der Waals surface area contributed by atoms with E-state index in [0.717, 1.165) is 0 Å². The van der Waals surface area contributed by atoms with E-state index in [2.05, 4.69) is 0 Å². The van der Waals surface area contributed by atoms with Crippen molar-refractivity contribution in [3.8, 4) is 0 Å². The van der Waals surface area contributed by atoms with E-state index in [1.807, 2.05) is 0 Å². The zero-order valence-electron chi connectivity index (χ0n) is 10.0. The van der Waals surface area contributed by atoms with Crippen molar-refractivity contribution < 1.29 is 18.1 Å². The zero-order valence-corrected chi connectivity index (χ0v) is 11.7. The first-order valence-electron chi connectivity index (χ1n) is 5.09. The maximum absolute atomic E-state index is 12.0. The SMILES string of the molecule is COCCCN(C)S(=O)(=O)c1ccc([N+](=O)[O-])s1. The van der Waals surface area contributed by atoms with Crippen molar-refractivity contribution in [2.45, 2.75) is 10.6 Å². The minimum atomic E-state index is -3.64. The average Bonchev–Trinajstić information content (AvgIpc) is 2.79. The molecular formula is C9H14N2O5S2. The van der Waals surface area contributed by atoms with Gasteiger partial charge in [0.2, 0.25) is 0 Å². The summed E-state index contributed by atoms with van der Waals surface area (Å²) < 4.78 is 30.1. The molecule has 9 heteroatoms. The molecule has 0 saturated heterocycles. The normalized spacial score (nSPS) is 11.9. The molecule has 0 aliphatic rings. The molecule has 1 aromatic heterocycles. The molecule has 18 heavy (non-hydrogen) atoms. The van der Waals surface area contributed by atoms with Gasteiger partial charge in [-0.1, -0.05) is 0 Å². The van der Waals surface area contributed by atoms with Gasteiger partial charge in [-0.15, -0.1) is 0 Å². The third-order valence-corrected chi connectivity index (χ3v) is 5.59. The number of sulfonamides is 1. The maximum Gasteiger partial charge on any atom is 0.325 e. The van der Waals surface area contributed by atoms with E-state index >= 15 is 0 Å². The van der Waals surface area contributed by atoms with Crippen molar-refractivity contribution in [3.63, 3.8) is 0 Å². The topological polar surface area (TPSA) is 89.8 Å². The molecular weight excluding hydrogens is 280 g/mol. The van der Waals surface area contributed by atoms with Crippen molar-refractivity contribution in [3.05, 3.63) is 22.2 Å². The molecule has 0 amide bonds. The summed E-state index contributed by atoms with van der Waals surface area (Å²) >= 11 is 0.656. The standard InChI is InChI=1S/C9H14N2O5S2/c1-10(6-3-7-16-2)18(14,15)9-5-4-8(17-9)11(12)13/h4-5H,3,6-7H2,1-2H3. The Balaban J connectivity index is 2.81. The van der Waals surface area contributed by atoms with Crippen molar-refractivity contribution in [1.29, 1.82) is 0 Å². The molecule has 0 spiro atoms. The summed E-state index contributed by atoms with van der Waals surface area (Å²) in [6.07, 6.45) is 0.569. The highest BCUT2D eigenvalue weighted by molar-refractivity contribution is 7.91. The summed E-state index contributed by atoms with van der Waals surface area (Å²) in [6.45, 7) is 0.770. The second kappa shape index (κ2) is 6.23. The Hall–Kier alpha value is -1.03. The van der Waals surface area contributed by atoms with E-state index in [4.69, 9.17) is 4.74 Å². The third-order valence-electron chi connectivity index (χ3n) is 2.23. The van der Waals surface area contributed by atoms with E-state index in [-0.39, 0.29) is 9.21 Å². The highest BCUT2D eigenvalue weighted by Crippen LogP contribution is 2.29. The number of ether oxygens (including phenoxy) is 1. The second-order valence-corrected chi connectivity index (χ2v) is 6.86. The Morgan fingerprint density at radius 1 is 1.50 bits per heavy atom. The van der Waals surface area contributed by atoms with Crippen LogP contribution in [0.15, 0.2) is 16.3 Å². The van der Waals surface area contributed by atoms with E-state index in [9.17, 15) is 18.5 Å². The van der Waals surface area contributed by atoms with Crippen molar-refractivity contribution in [2.24, 2.45) is 0 Å². The molecule has 0 radical (unpaired) electrons. The van der Waals surface area contributed by atoms with Crippen LogP contribution in [-0.2, 0) is 14.8 Å². The Labute approximate surface area is 109 Å². The van der Waals surface area contributed by atoms with Crippen LogP contribution in [0.3, 0.4) is 0 Å². The molecule has 0 aliphatic heterocycles. The molecule has 0 aliphatic carbocycles. The summed E-state index contributed by atoms with van der Waals surface area (Å²) in [5, 5.41) is 10.3. The molecule has 7 nitrogen and oxygen atoms in total. The highest BCUT2D eigenvalue weighted by Gasteiger charge is 2.24. The van der Waals surface area contributed by atoms with Crippen LogP contribution in [0.2, 0.25) is 0 Å². The molecule has 0 saturated carbocycles. The van der Waals surface area contributed by atoms with Crippen LogP contribution in [0.4, 0.5) is 5.00 Å². The minimum absolute atomic E-state index is 0.0193. The van der Waals surface area contributed by atoms with Crippen molar-refractivity contribution >= 4 is 26.4 Å². The predicted octanol–water partition coefficient (Wildman–Crippen LogP) is 1.31. The summed E-state index contributed by atoms with van der Waals surface area (Å²) in [6, 6.07) is 2.45. The van der Waals surface area contributed by atoms with E-state index in [1.54, 1.807) is 0 Å². The van der Waals surface area contributed by atoms with Gasteiger partial charge in [-0.3, -0.25) is 10.1 Å². The van der Waals surface area contributed by atoms with Gasteiger partial charge in [-0.2, -0.15) is 0 Å². The lowest BCUT2D eigenvalue weighted by atomic mass is 10.5. The van der Waals surface area contributed by atoms with E-state index in [1.165, 1.54) is 30.6 Å². The zero-order chi connectivity index (χ0) is 13.8. The fraction of sp³-hybridized carbons (Fsp3) is 0.556. The van der Waals surface area contributed by atoms with Gasteiger partial charge in [0.05, 0.1) is 4.92 Å². The number of nitro groups is 1. The minimum Gasteiger partial charge on any atom is -0.385 e. The molecule has 0 fully saturated rings. The van der Waals surface area contributed by atoms with Gasteiger partial charge in [0.1, 0.15) is 4.21 Å². The number of nitrogens with zero attached hydrogens (tertiary/aromatic N) is 2. The fourth-order valence-corrected chi connectivity index (χ4v) is 3.78. The average molecular weight is 294 g/mol. The number of methoxy groups -OCH3 is 1. The molecule has 0 aromatic carbocycles. The molecule has 0 bridgehead atoms. The number of hydrogen-bond donors (Lipinski definition) is 0. The quantitative estimate of drug-likeness (QED) is 0.430. The Kier molecular flexibility index (Phi) is 5.20. The summed E-state index contributed by atoms with van der Waals surface area (Å²) in [5.74, 6) is 0. The van der Waals surface area contributed by atoms with Crippen molar-refractivity contribution in [2.75, 3.05) is 27.3 Å². The molecule has 0 unspecified atom stereocenters. The van der Waals surface area contributed by atoms with Gasteiger partial charge in [-0.25, -0.2) is 12.7 Å². The molecule has 1 rings (SSSR count). The van der Waals surface area contributed by atoms with Crippen LogP contribution in [0.5, 0.6) is 0 Å². The van der Waals surface area contributed by atoms with Crippen LogP contribution in [0, 0.1) is 10.1 Å². The lowest BCUT2D eigenvalue weighted by Gasteiger charge is -2.15. The number of thiophene rings is 1. The van der Waals surface area contributed by atoms with Gasteiger partial charge in [-0.05, 0) is 23.8 Å². The maximum atomic E-state index is 12.0. The molecule has 0 atom stereocenters. The van der Waals surface area contributed by atoms with Gasteiger partial charge in [0.15, 0.2) is 0 Å². The van der Waals surface area contributed by atoms with Crippen LogP contribution in [0.1, 0.15) is 6.42 Å². The summed E-state index contributed by atoms with van der Waals surface area (Å²) in [4.78, 5) is 9.91. The number of hydrogen-bond acceptors (Lipinski definition) is 6. The smallest absolute Gasteiger partial charge is 0.325 e. The molecule has 102 valence electrons. The first-order valence-corrected chi connectivity index (χ1v) is 7.34. The largest absolute Gasteiger partial charge is 0.385 e. The highest BCUT2D eigenvalue weighted by atomic mass is 32.2. The van der Waals surface area contributed by atoms with Gasteiger partial charge in [0, 0.05) is 33.4 Å². The van der Waals surface area contributed by atoms with E-state index < -0.39 is 14.9 Å². The fourth-order valence-electron chi connectivity index (χ4n) is 1.25. The number of rotatable bonds is 7. The molecule has 1 aromatic rings. The van der Waals surface area contributed by atoms with Crippen LogP contribution >= 0.6 is 11.3 Å². The molecule has 1 heterocycles. The van der Waals surface area contributed by atoms with E-state index in [0.29, 0.717) is 30.9 Å². The molecule has 0 N–H and O–H groups in total. The van der Waals surface area contributed by atoms with Crippen molar-refractivity contribution in [1.82, 2.24) is 4.31 Å². The Morgan fingerprint density at radius 2 is 2.17 bits per heavy atom. The monoisotopic (exact) mass is 294 g/mol. The van der Waals surface area contributed by atoms with Gasteiger partial charge < -0.3 is 4.74 Å². The lowest BCUT2D eigenvalue weighted by Crippen LogP contribution is -2.27. The van der Waals surface area contributed by atoms with Crippen LogP contribution < -0.4 is 0 Å². The summed E-state index contributed by atoms with van der Waals surface area (Å²) in [5.41, 5.74) is 0. The van der Waals surface area contributed by atoms with Gasteiger partial charge in [0.25, 0.3) is 10.0 Å². The van der Waals surface area contributed by atoms with Crippen LogP contribution in [-0.4, -0.2) is 45.0 Å². The first-order chi connectivity index (χ1) is 8.39. The lowest BCUT2D eigenvalue weighted by molar-refractivity contribution is -0.380. The van der Waals surface area contributed by atoms with Gasteiger partial charge >= 0.3 is 5.00 Å².